The molecule has 7 nitrogen and oxygen atoms in total. The minimum atomic E-state index is -0.290. The fourth-order valence-electron chi connectivity index (χ4n) is 2.81. The van der Waals surface area contributed by atoms with E-state index in [0.717, 1.165) is 30.0 Å². The molecule has 0 amide bonds. The zero-order valence-corrected chi connectivity index (χ0v) is 12.8. The van der Waals surface area contributed by atoms with Crippen LogP contribution in [0.3, 0.4) is 0 Å². The van der Waals surface area contributed by atoms with Crippen molar-refractivity contribution in [2.24, 2.45) is 0 Å². The van der Waals surface area contributed by atoms with Crippen molar-refractivity contribution in [2.75, 3.05) is 24.5 Å². The second-order valence-electron chi connectivity index (χ2n) is 6.18. The lowest BCUT2D eigenvalue weighted by atomic mass is 10.0. The molecule has 0 spiro atoms. The van der Waals surface area contributed by atoms with Gasteiger partial charge in [0.15, 0.2) is 0 Å². The van der Waals surface area contributed by atoms with Gasteiger partial charge < -0.3 is 15.3 Å². The lowest BCUT2D eigenvalue weighted by Crippen LogP contribution is -2.59. The van der Waals surface area contributed by atoms with Crippen molar-refractivity contribution in [1.82, 2.24) is 25.1 Å². The Labute approximate surface area is 129 Å². The van der Waals surface area contributed by atoms with Crippen molar-refractivity contribution in [2.45, 2.75) is 32.0 Å². The first kappa shape index (κ1) is 13.7. The van der Waals surface area contributed by atoms with Gasteiger partial charge in [0.25, 0.3) is 0 Å². The van der Waals surface area contributed by atoms with Crippen LogP contribution >= 0.6 is 0 Å². The SMILES string of the molecule is Cc1cc(-c2cnn(C3CNC3)c2)nc(N2C[C@@H](O)[C@@H]2C)n1. The Kier molecular flexibility index (Phi) is 3.12. The lowest BCUT2D eigenvalue weighted by Gasteiger charge is -2.43. The van der Waals surface area contributed by atoms with E-state index >= 15 is 0 Å². The van der Waals surface area contributed by atoms with Crippen molar-refractivity contribution in [3.8, 4) is 11.3 Å². The molecule has 116 valence electrons. The Bertz CT molecular complexity index is 695. The summed E-state index contributed by atoms with van der Waals surface area (Å²) >= 11 is 0. The lowest BCUT2D eigenvalue weighted by molar-refractivity contribution is 0.0979. The Hall–Kier alpha value is -1.99. The largest absolute Gasteiger partial charge is 0.389 e. The summed E-state index contributed by atoms with van der Waals surface area (Å²) in [4.78, 5) is 11.2. The van der Waals surface area contributed by atoms with Crippen molar-refractivity contribution in [3.05, 3.63) is 24.2 Å². The van der Waals surface area contributed by atoms with Crippen molar-refractivity contribution >= 4 is 5.95 Å². The summed E-state index contributed by atoms with van der Waals surface area (Å²) in [7, 11) is 0. The van der Waals surface area contributed by atoms with Crippen LogP contribution in [-0.2, 0) is 0 Å². The molecule has 2 N–H and O–H groups in total. The van der Waals surface area contributed by atoms with Crippen molar-refractivity contribution in [3.63, 3.8) is 0 Å². The molecule has 2 saturated heterocycles. The molecule has 2 fully saturated rings. The van der Waals surface area contributed by atoms with Crippen molar-refractivity contribution in [1.29, 1.82) is 0 Å². The summed E-state index contributed by atoms with van der Waals surface area (Å²) in [5, 5.41) is 17.4. The maximum Gasteiger partial charge on any atom is 0.226 e. The first-order valence-corrected chi connectivity index (χ1v) is 7.67. The van der Waals surface area contributed by atoms with Gasteiger partial charge in [-0.05, 0) is 19.9 Å². The summed E-state index contributed by atoms with van der Waals surface area (Å²) < 4.78 is 2.00. The third kappa shape index (κ3) is 2.17. The third-order valence-corrected chi connectivity index (χ3v) is 4.56. The summed E-state index contributed by atoms with van der Waals surface area (Å²) in [6.07, 6.45) is 3.62. The number of aliphatic hydroxyl groups excluding tert-OH is 1. The minimum Gasteiger partial charge on any atom is -0.389 e. The monoisotopic (exact) mass is 300 g/mol. The van der Waals surface area contributed by atoms with Gasteiger partial charge in [-0.1, -0.05) is 0 Å². The maximum atomic E-state index is 9.69. The molecule has 0 aliphatic carbocycles. The van der Waals surface area contributed by atoms with Crippen LogP contribution in [0.1, 0.15) is 18.7 Å². The van der Waals surface area contributed by atoms with Gasteiger partial charge in [0.2, 0.25) is 5.95 Å². The predicted octanol–water partition coefficient (Wildman–Crippen LogP) is 0.362. The van der Waals surface area contributed by atoms with Crippen LogP contribution in [-0.4, -0.2) is 56.6 Å². The smallest absolute Gasteiger partial charge is 0.226 e. The van der Waals surface area contributed by atoms with Crippen LogP contribution in [0.15, 0.2) is 18.5 Å². The number of β-amino-alcohol motifs (C(OH)–C–C–N with tert-alkyl or cyclic N) is 1. The van der Waals surface area contributed by atoms with Crippen LogP contribution in [0.4, 0.5) is 5.95 Å². The van der Waals surface area contributed by atoms with E-state index < -0.39 is 0 Å². The molecular formula is C15H20N6O. The molecule has 4 heterocycles. The second kappa shape index (κ2) is 5.03. The fraction of sp³-hybridized carbons (Fsp3) is 0.533. The highest BCUT2D eigenvalue weighted by atomic mass is 16.3. The molecule has 2 aromatic rings. The van der Waals surface area contributed by atoms with Gasteiger partial charge in [-0.15, -0.1) is 0 Å². The van der Waals surface area contributed by atoms with E-state index in [1.54, 1.807) is 0 Å². The average molecular weight is 300 g/mol. The number of hydrogen-bond donors (Lipinski definition) is 2. The molecule has 2 aliphatic rings. The van der Waals surface area contributed by atoms with Gasteiger partial charge in [0, 0.05) is 37.1 Å². The Morgan fingerprint density at radius 2 is 2.14 bits per heavy atom. The number of nitrogens with zero attached hydrogens (tertiary/aromatic N) is 5. The molecular weight excluding hydrogens is 280 g/mol. The molecule has 2 atom stereocenters. The standard InChI is InChI=1S/C15H20N6O/c1-9-3-13(11-4-17-21(7-11)12-5-16-6-12)19-15(18-9)20-8-14(22)10(20)2/h3-4,7,10,12,14,16,22H,5-6,8H2,1-2H3/t10-,14+/m0/s1. The molecule has 0 bridgehead atoms. The van der Waals surface area contributed by atoms with E-state index in [1.165, 1.54) is 0 Å². The van der Waals surface area contributed by atoms with E-state index in [-0.39, 0.29) is 12.1 Å². The van der Waals surface area contributed by atoms with Crippen LogP contribution in [0.2, 0.25) is 0 Å². The number of aryl methyl sites for hydroxylation is 1. The van der Waals surface area contributed by atoms with Gasteiger partial charge in [-0.25, -0.2) is 9.97 Å². The first-order valence-electron chi connectivity index (χ1n) is 7.67. The van der Waals surface area contributed by atoms with Crippen LogP contribution in [0.5, 0.6) is 0 Å². The fourth-order valence-corrected chi connectivity index (χ4v) is 2.81. The highest BCUT2D eigenvalue weighted by Crippen LogP contribution is 2.27. The molecule has 2 aliphatic heterocycles. The van der Waals surface area contributed by atoms with Gasteiger partial charge >= 0.3 is 0 Å². The van der Waals surface area contributed by atoms with Crippen molar-refractivity contribution < 1.29 is 5.11 Å². The number of nitrogens with one attached hydrogen (secondary N) is 1. The zero-order valence-electron chi connectivity index (χ0n) is 12.8. The molecule has 0 saturated carbocycles. The summed E-state index contributed by atoms with van der Waals surface area (Å²) in [5.41, 5.74) is 2.81. The van der Waals surface area contributed by atoms with E-state index in [4.69, 9.17) is 0 Å². The van der Waals surface area contributed by atoms with E-state index in [0.29, 0.717) is 18.5 Å². The summed E-state index contributed by atoms with van der Waals surface area (Å²) in [5.74, 6) is 0.686. The Balaban J connectivity index is 1.64. The van der Waals surface area contributed by atoms with E-state index in [9.17, 15) is 5.11 Å². The maximum absolute atomic E-state index is 9.69. The van der Waals surface area contributed by atoms with Crippen LogP contribution in [0, 0.1) is 6.92 Å². The Morgan fingerprint density at radius 3 is 2.77 bits per heavy atom. The highest BCUT2D eigenvalue weighted by molar-refractivity contribution is 5.59. The summed E-state index contributed by atoms with van der Waals surface area (Å²) in [6.45, 7) is 6.49. The number of hydrogen-bond acceptors (Lipinski definition) is 6. The van der Waals surface area contributed by atoms with E-state index in [1.807, 2.05) is 41.9 Å². The second-order valence-corrected chi connectivity index (χ2v) is 6.18. The minimum absolute atomic E-state index is 0.0680. The number of aliphatic hydroxyl groups is 1. The highest BCUT2D eigenvalue weighted by Gasteiger charge is 2.35. The van der Waals surface area contributed by atoms with Gasteiger partial charge in [0.05, 0.1) is 30.1 Å². The number of anilines is 1. The van der Waals surface area contributed by atoms with Gasteiger partial charge in [0.1, 0.15) is 0 Å². The average Bonchev–Trinajstić information content (AvgIpc) is 2.91. The molecule has 0 aromatic carbocycles. The molecule has 7 heteroatoms. The molecule has 0 unspecified atom stereocenters. The summed E-state index contributed by atoms with van der Waals surface area (Å²) in [6, 6.07) is 2.49. The quantitative estimate of drug-likeness (QED) is 0.852. The van der Waals surface area contributed by atoms with Crippen LogP contribution < -0.4 is 10.2 Å². The van der Waals surface area contributed by atoms with Gasteiger partial charge in [-0.3, -0.25) is 4.68 Å². The van der Waals surface area contributed by atoms with E-state index in [2.05, 4.69) is 20.4 Å². The van der Waals surface area contributed by atoms with Crippen LogP contribution in [0.25, 0.3) is 11.3 Å². The topological polar surface area (TPSA) is 79.1 Å². The predicted molar refractivity (Wildman–Crippen MR) is 82.7 cm³/mol. The third-order valence-electron chi connectivity index (χ3n) is 4.56. The number of rotatable bonds is 3. The molecule has 0 radical (unpaired) electrons. The number of aromatic nitrogens is 4. The molecule has 2 aromatic heterocycles. The zero-order chi connectivity index (χ0) is 15.3. The first-order chi connectivity index (χ1) is 10.6. The molecule has 22 heavy (non-hydrogen) atoms. The Morgan fingerprint density at radius 1 is 1.32 bits per heavy atom. The molecule has 4 rings (SSSR count). The van der Waals surface area contributed by atoms with Gasteiger partial charge in [-0.2, -0.15) is 5.10 Å². The normalized spacial score (nSPS) is 25.0.